The molecule has 0 aliphatic heterocycles. The first kappa shape index (κ1) is 18.7. The van der Waals surface area contributed by atoms with Crippen LogP contribution in [-0.2, 0) is 9.53 Å². The third-order valence-electron chi connectivity index (χ3n) is 4.11. The molecule has 5 heteroatoms. The van der Waals surface area contributed by atoms with Crippen molar-refractivity contribution in [2.45, 2.75) is 26.2 Å². The summed E-state index contributed by atoms with van der Waals surface area (Å²) >= 11 is 0. The standard InChI is InChI=1S/C22H22O5/c1-2-25-22(24)10-6-7-13-26-17-11-12-18-19(23)15-20(27-21(18)14-17)16-8-4-3-5-9-16/h3-5,8-9,11-12,14-15H,2,6-7,10,13H2,1H3. The lowest BCUT2D eigenvalue weighted by atomic mass is 10.1. The lowest BCUT2D eigenvalue weighted by Gasteiger charge is -2.08. The first-order valence-electron chi connectivity index (χ1n) is 9.09. The molecule has 1 aromatic heterocycles. The molecule has 2 aromatic carbocycles. The minimum atomic E-state index is -0.182. The predicted octanol–water partition coefficient (Wildman–Crippen LogP) is 4.57. The van der Waals surface area contributed by atoms with Crippen molar-refractivity contribution in [1.82, 2.24) is 0 Å². The Bertz CT molecular complexity index is 959. The van der Waals surface area contributed by atoms with E-state index >= 15 is 0 Å². The second kappa shape index (κ2) is 9.03. The molecule has 3 rings (SSSR count). The SMILES string of the molecule is CCOC(=O)CCCCOc1ccc2c(=O)cc(-c3ccccc3)oc2c1. The summed E-state index contributed by atoms with van der Waals surface area (Å²) in [5.74, 6) is 0.977. The van der Waals surface area contributed by atoms with Crippen molar-refractivity contribution in [1.29, 1.82) is 0 Å². The average Bonchev–Trinajstić information content (AvgIpc) is 2.68. The number of fused-ring (bicyclic) bond motifs is 1. The average molecular weight is 366 g/mol. The number of carbonyl (C=O) groups excluding carboxylic acids is 1. The van der Waals surface area contributed by atoms with Gasteiger partial charge in [-0.2, -0.15) is 0 Å². The van der Waals surface area contributed by atoms with E-state index in [4.69, 9.17) is 13.9 Å². The highest BCUT2D eigenvalue weighted by molar-refractivity contribution is 5.80. The van der Waals surface area contributed by atoms with E-state index in [0.29, 0.717) is 48.5 Å². The van der Waals surface area contributed by atoms with Crippen molar-refractivity contribution in [2.24, 2.45) is 0 Å². The first-order chi connectivity index (χ1) is 13.2. The molecular formula is C22H22O5. The highest BCUT2D eigenvalue weighted by Gasteiger charge is 2.08. The van der Waals surface area contributed by atoms with Crippen LogP contribution < -0.4 is 10.2 Å². The number of hydrogen-bond acceptors (Lipinski definition) is 5. The number of carbonyl (C=O) groups is 1. The number of rotatable bonds is 8. The highest BCUT2D eigenvalue weighted by Crippen LogP contribution is 2.24. The molecule has 3 aromatic rings. The molecule has 0 radical (unpaired) electrons. The third-order valence-corrected chi connectivity index (χ3v) is 4.11. The first-order valence-corrected chi connectivity index (χ1v) is 9.09. The van der Waals surface area contributed by atoms with E-state index in [1.165, 1.54) is 6.07 Å². The molecule has 0 aliphatic carbocycles. The quantitative estimate of drug-likeness (QED) is 0.431. The monoisotopic (exact) mass is 366 g/mol. The Morgan fingerprint density at radius 2 is 1.85 bits per heavy atom. The Morgan fingerprint density at radius 1 is 1.04 bits per heavy atom. The normalized spacial score (nSPS) is 10.7. The number of unbranched alkanes of at least 4 members (excludes halogenated alkanes) is 1. The van der Waals surface area contributed by atoms with E-state index in [1.54, 1.807) is 25.1 Å². The summed E-state index contributed by atoms with van der Waals surface area (Å²) < 4.78 is 16.5. The molecule has 0 atom stereocenters. The van der Waals surface area contributed by atoms with Gasteiger partial charge in [-0.05, 0) is 31.9 Å². The maximum Gasteiger partial charge on any atom is 0.305 e. The van der Waals surface area contributed by atoms with Gasteiger partial charge in [-0.1, -0.05) is 30.3 Å². The summed E-state index contributed by atoms with van der Waals surface area (Å²) in [6.07, 6.45) is 1.84. The van der Waals surface area contributed by atoms with Crippen LogP contribution in [0.2, 0.25) is 0 Å². The van der Waals surface area contributed by atoms with Crippen molar-refractivity contribution in [3.05, 3.63) is 64.8 Å². The van der Waals surface area contributed by atoms with Crippen LogP contribution >= 0.6 is 0 Å². The lowest BCUT2D eigenvalue weighted by molar-refractivity contribution is -0.143. The second-order valence-corrected chi connectivity index (χ2v) is 6.11. The summed E-state index contributed by atoms with van der Waals surface area (Å²) in [5, 5.41) is 0.518. The zero-order valence-electron chi connectivity index (χ0n) is 15.3. The topological polar surface area (TPSA) is 65.7 Å². The van der Waals surface area contributed by atoms with Crippen molar-refractivity contribution < 1.29 is 18.7 Å². The van der Waals surface area contributed by atoms with E-state index in [-0.39, 0.29) is 11.4 Å². The van der Waals surface area contributed by atoms with Gasteiger partial charge in [-0.15, -0.1) is 0 Å². The maximum atomic E-state index is 12.4. The fraction of sp³-hybridized carbons (Fsp3) is 0.273. The number of hydrogen-bond donors (Lipinski definition) is 0. The van der Waals surface area contributed by atoms with Gasteiger partial charge < -0.3 is 13.9 Å². The molecule has 0 saturated carbocycles. The second-order valence-electron chi connectivity index (χ2n) is 6.11. The molecule has 5 nitrogen and oxygen atoms in total. The number of ether oxygens (including phenoxy) is 2. The van der Waals surface area contributed by atoms with Gasteiger partial charge in [0.2, 0.25) is 0 Å². The molecule has 0 bridgehead atoms. The molecule has 0 N–H and O–H groups in total. The van der Waals surface area contributed by atoms with Crippen LogP contribution in [0.25, 0.3) is 22.3 Å². The highest BCUT2D eigenvalue weighted by atomic mass is 16.5. The number of esters is 1. The van der Waals surface area contributed by atoms with Crippen LogP contribution in [0.15, 0.2) is 63.8 Å². The molecule has 1 heterocycles. The van der Waals surface area contributed by atoms with Crippen LogP contribution in [0.5, 0.6) is 5.75 Å². The maximum absolute atomic E-state index is 12.4. The Kier molecular flexibility index (Phi) is 6.26. The molecular weight excluding hydrogens is 344 g/mol. The zero-order chi connectivity index (χ0) is 19.1. The molecule has 140 valence electrons. The van der Waals surface area contributed by atoms with Crippen LogP contribution in [0.4, 0.5) is 0 Å². The van der Waals surface area contributed by atoms with Crippen molar-refractivity contribution in [2.75, 3.05) is 13.2 Å². The van der Waals surface area contributed by atoms with E-state index in [1.807, 2.05) is 30.3 Å². The minimum absolute atomic E-state index is 0.0870. The number of benzene rings is 2. The molecule has 27 heavy (non-hydrogen) atoms. The van der Waals surface area contributed by atoms with Crippen LogP contribution in [0.1, 0.15) is 26.2 Å². The van der Waals surface area contributed by atoms with Gasteiger partial charge >= 0.3 is 5.97 Å². The van der Waals surface area contributed by atoms with Crippen molar-refractivity contribution in [3.8, 4) is 17.1 Å². The van der Waals surface area contributed by atoms with E-state index in [0.717, 1.165) is 12.0 Å². The molecule has 0 spiro atoms. The van der Waals surface area contributed by atoms with Gasteiger partial charge in [-0.25, -0.2) is 0 Å². The minimum Gasteiger partial charge on any atom is -0.493 e. The van der Waals surface area contributed by atoms with Gasteiger partial charge in [0.05, 0.1) is 18.6 Å². The van der Waals surface area contributed by atoms with E-state index in [9.17, 15) is 9.59 Å². The van der Waals surface area contributed by atoms with Crippen LogP contribution in [0.3, 0.4) is 0 Å². The molecule has 0 fully saturated rings. The zero-order valence-corrected chi connectivity index (χ0v) is 15.3. The van der Waals surface area contributed by atoms with Crippen LogP contribution in [-0.4, -0.2) is 19.2 Å². The smallest absolute Gasteiger partial charge is 0.305 e. The molecule has 0 saturated heterocycles. The summed E-state index contributed by atoms with van der Waals surface area (Å²) in [5.41, 5.74) is 1.25. The Labute approximate surface area is 157 Å². The Balaban J connectivity index is 1.67. The summed E-state index contributed by atoms with van der Waals surface area (Å²) in [6, 6.07) is 16.2. The summed E-state index contributed by atoms with van der Waals surface area (Å²) in [7, 11) is 0. The van der Waals surface area contributed by atoms with Gasteiger partial charge in [0, 0.05) is 24.1 Å². The van der Waals surface area contributed by atoms with Gasteiger partial charge in [-0.3, -0.25) is 9.59 Å². The van der Waals surface area contributed by atoms with Gasteiger partial charge in [0.1, 0.15) is 17.1 Å². The Hall–Kier alpha value is -3.08. The summed E-state index contributed by atoms with van der Waals surface area (Å²) in [4.78, 5) is 23.7. The molecule has 0 unspecified atom stereocenters. The Morgan fingerprint density at radius 3 is 2.63 bits per heavy atom. The van der Waals surface area contributed by atoms with E-state index in [2.05, 4.69) is 0 Å². The van der Waals surface area contributed by atoms with Gasteiger partial charge in [0.25, 0.3) is 0 Å². The summed E-state index contributed by atoms with van der Waals surface area (Å²) in [6.45, 7) is 2.68. The largest absolute Gasteiger partial charge is 0.493 e. The fourth-order valence-corrected chi connectivity index (χ4v) is 2.76. The lowest BCUT2D eigenvalue weighted by Crippen LogP contribution is -2.05. The van der Waals surface area contributed by atoms with Crippen molar-refractivity contribution >= 4 is 16.9 Å². The van der Waals surface area contributed by atoms with Crippen LogP contribution in [0, 0.1) is 0 Å². The fourth-order valence-electron chi connectivity index (χ4n) is 2.76. The van der Waals surface area contributed by atoms with Crippen molar-refractivity contribution in [3.63, 3.8) is 0 Å². The molecule has 0 aliphatic rings. The third kappa shape index (κ3) is 4.97. The van der Waals surface area contributed by atoms with E-state index < -0.39 is 0 Å². The molecule has 0 amide bonds. The van der Waals surface area contributed by atoms with Gasteiger partial charge in [0.15, 0.2) is 5.43 Å². The predicted molar refractivity (Wildman–Crippen MR) is 104 cm³/mol.